The van der Waals surface area contributed by atoms with Crippen LogP contribution in [0.4, 0.5) is 0 Å². The van der Waals surface area contributed by atoms with Crippen molar-refractivity contribution in [3.63, 3.8) is 0 Å². The van der Waals surface area contributed by atoms with Gasteiger partial charge in [0.25, 0.3) is 0 Å². The average molecular weight is 165 g/mol. The molecule has 1 rings (SSSR count). The third-order valence-corrected chi connectivity index (χ3v) is 1.02. The van der Waals surface area contributed by atoms with E-state index in [1.54, 1.807) is 35.2 Å². The summed E-state index contributed by atoms with van der Waals surface area (Å²) in [5.41, 5.74) is 12.6. The lowest BCUT2D eigenvalue weighted by molar-refractivity contribution is 0.0697. The quantitative estimate of drug-likeness (QED) is 0.379. The van der Waals surface area contributed by atoms with Crippen molar-refractivity contribution in [1.82, 2.24) is 0 Å². The number of hydrogen-bond acceptors (Lipinski definition) is 2. The lowest BCUT2D eigenvalue weighted by atomic mass is 10.2. The Morgan fingerprint density at radius 2 is 1.83 bits per heavy atom. The molecule has 0 atom stereocenters. The Hall–Kier alpha value is -2.00. The number of hydrogen-bond donors (Lipinski definition) is 2. The molecule has 0 fully saturated rings. The maximum absolute atomic E-state index is 10.2. The molecule has 0 aromatic heterocycles. The van der Waals surface area contributed by atoms with Crippen molar-refractivity contribution in [3.05, 3.63) is 46.3 Å². The van der Waals surface area contributed by atoms with E-state index >= 15 is 0 Å². The zero-order chi connectivity index (χ0) is 9.40. The van der Waals surface area contributed by atoms with Gasteiger partial charge in [-0.05, 0) is 22.6 Å². The van der Waals surface area contributed by atoms with Gasteiger partial charge in [-0.15, -0.1) is 5.53 Å². The molecule has 62 valence electrons. The normalized spacial score (nSPS) is 7.33. The van der Waals surface area contributed by atoms with Crippen LogP contribution in [0.1, 0.15) is 10.4 Å². The minimum absolute atomic E-state index is 0.331. The predicted octanol–water partition coefficient (Wildman–Crippen LogP) is 2.26. The molecule has 0 saturated carbocycles. The molecular weight excluding hydrogens is 158 g/mol. The molecule has 0 aliphatic heterocycles. The summed E-state index contributed by atoms with van der Waals surface area (Å²) < 4.78 is 0. The largest absolute Gasteiger partial charge is 0.478 e. The number of benzene rings is 1. The first-order chi connectivity index (χ1) is 5.72. The Morgan fingerprint density at radius 3 is 2.08 bits per heavy atom. The molecule has 0 amide bonds. The second-order valence-corrected chi connectivity index (χ2v) is 1.77. The van der Waals surface area contributed by atoms with E-state index in [-0.39, 0.29) is 0 Å². The summed E-state index contributed by atoms with van der Waals surface area (Å²) in [5, 5.41) is 8.38. The van der Waals surface area contributed by atoms with Crippen LogP contribution in [0.15, 0.2) is 30.3 Å². The van der Waals surface area contributed by atoms with E-state index in [1.807, 2.05) is 0 Å². The molecule has 1 aromatic carbocycles. The van der Waals surface area contributed by atoms with Crippen LogP contribution in [0.5, 0.6) is 0 Å². The first-order valence-electron chi connectivity index (χ1n) is 3.01. The van der Waals surface area contributed by atoms with Crippen molar-refractivity contribution in [2.45, 2.75) is 0 Å². The van der Waals surface area contributed by atoms with Gasteiger partial charge >= 0.3 is 5.97 Å². The molecule has 0 saturated heterocycles. The summed E-state index contributed by atoms with van der Waals surface area (Å²) in [6, 6.07) is 8.30. The average Bonchev–Trinajstić information content (AvgIpc) is 2.07. The zero-order valence-corrected chi connectivity index (χ0v) is 6.14. The molecule has 0 unspecified atom stereocenters. The molecule has 0 radical (unpaired) electrons. The van der Waals surface area contributed by atoms with Gasteiger partial charge in [0.15, 0.2) is 0 Å². The second-order valence-electron chi connectivity index (χ2n) is 1.77. The topological polar surface area (TPSA) is 97.5 Å². The summed E-state index contributed by atoms with van der Waals surface area (Å²) in [6.07, 6.45) is 0. The molecule has 0 aliphatic carbocycles. The number of carboxylic acid groups (broad SMARTS) is 1. The number of carboxylic acids is 1. The van der Waals surface area contributed by atoms with Gasteiger partial charge in [-0.2, -0.15) is 0 Å². The molecule has 1 aromatic rings. The van der Waals surface area contributed by atoms with E-state index in [4.69, 9.17) is 16.2 Å². The van der Waals surface area contributed by atoms with E-state index in [2.05, 4.69) is 0 Å². The molecule has 0 heterocycles. The highest BCUT2D eigenvalue weighted by Crippen LogP contribution is 1.96. The Kier molecular flexibility index (Phi) is 4.80. The molecule has 0 spiro atoms. The first-order valence-corrected chi connectivity index (χ1v) is 3.01. The van der Waals surface area contributed by atoms with Gasteiger partial charge in [-0.3, -0.25) is 0 Å². The van der Waals surface area contributed by atoms with Crippen molar-refractivity contribution in [3.8, 4) is 0 Å². The number of carbonyl (C=O) groups is 1. The Labute approximate surface area is 68.7 Å². The SMILES string of the molecule is O=C(O)c1ccccc1.[N-]=[N+]=N. The fraction of sp³-hybridized carbons (Fsp3) is 0. The van der Waals surface area contributed by atoms with Gasteiger partial charge in [0.2, 0.25) is 0 Å². The van der Waals surface area contributed by atoms with Crippen molar-refractivity contribution in [2.75, 3.05) is 0 Å². The summed E-state index contributed by atoms with van der Waals surface area (Å²) in [7, 11) is 0. The van der Waals surface area contributed by atoms with Crippen LogP contribution in [-0.2, 0) is 0 Å². The molecule has 2 N–H and O–H groups in total. The van der Waals surface area contributed by atoms with E-state index < -0.39 is 5.97 Å². The van der Waals surface area contributed by atoms with Gasteiger partial charge in [-0.25, -0.2) is 4.79 Å². The molecule has 12 heavy (non-hydrogen) atoms. The molecule has 0 bridgehead atoms. The van der Waals surface area contributed by atoms with Crippen LogP contribution in [0.3, 0.4) is 0 Å². The highest BCUT2D eigenvalue weighted by molar-refractivity contribution is 5.87. The van der Waals surface area contributed by atoms with Crippen LogP contribution in [-0.4, -0.2) is 11.1 Å². The Balaban J connectivity index is 0.000000354. The van der Waals surface area contributed by atoms with Crippen LogP contribution in [0.25, 0.3) is 10.4 Å². The van der Waals surface area contributed by atoms with Crippen molar-refractivity contribution >= 4 is 5.97 Å². The van der Waals surface area contributed by atoms with Crippen LogP contribution >= 0.6 is 0 Å². The standard InChI is InChI=1S/C7H6O2.HN3/c8-7(9)6-4-2-1-3-5-6;1-3-2/h1-5H,(H,8,9);1H. The number of nitrogens with zero attached hydrogens (tertiary/aromatic N) is 2. The number of nitrogens with one attached hydrogen (secondary N) is 1. The minimum atomic E-state index is -0.879. The van der Waals surface area contributed by atoms with Crippen LogP contribution < -0.4 is 0 Å². The zero-order valence-electron chi connectivity index (χ0n) is 6.14. The summed E-state index contributed by atoms with van der Waals surface area (Å²) >= 11 is 0. The fourth-order valence-corrected chi connectivity index (χ4v) is 0.581. The highest BCUT2D eigenvalue weighted by atomic mass is 16.4. The van der Waals surface area contributed by atoms with Crippen molar-refractivity contribution in [2.24, 2.45) is 0 Å². The predicted molar refractivity (Wildman–Crippen MR) is 42.8 cm³/mol. The molecule has 5 nitrogen and oxygen atoms in total. The Bertz CT molecular complexity index is 278. The third-order valence-electron chi connectivity index (χ3n) is 1.02. The minimum Gasteiger partial charge on any atom is -0.478 e. The van der Waals surface area contributed by atoms with Gasteiger partial charge < -0.3 is 5.11 Å². The van der Waals surface area contributed by atoms with E-state index in [1.165, 1.54) is 0 Å². The van der Waals surface area contributed by atoms with Crippen LogP contribution in [0, 0.1) is 5.53 Å². The van der Waals surface area contributed by atoms with Gasteiger partial charge in [0.05, 0.1) is 5.56 Å². The smallest absolute Gasteiger partial charge is 0.335 e. The Morgan fingerprint density at radius 1 is 1.42 bits per heavy atom. The van der Waals surface area contributed by atoms with Crippen LogP contribution in [0.2, 0.25) is 0 Å². The van der Waals surface area contributed by atoms with E-state index in [0.29, 0.717) is 5.56 Å². The molecule has 0 aliphatic rings. The van der Waals surface area contributed by atoms with Gasteiger partial charge in [-0.1, -0.05) is 18.2 Å². The highest BCUT2D eigenvalue weighted by Gasteiger charge is 1.96. The first kappa shape index (κ1) is 10.0. The molecule has 5 heteroatoms. The third kappa shape index (κ3) is 3.92. The summed E-state index contributed by atoms with van der Waals surface area (Å²) in [4.78, 5) is 12.0. The van der Waals surface area contributed by atoms with Crippen molar-refractivity contribution < 1.29 is 9.90 Å². The van der Waals surface area contributed by atoms with Crippen molar-refractivity contribution in [1.29, 1.82) is 5.53 Å². The molecular formula is C7H7N3O2. The summed E-state index contributed by atoms with van der Waals surface area (Å²) in [6.45, 7) is 0. The fourth-order valence-electron chi connectivity index (χ4n) is 0.581. The van der Waals surface area contributed by atoms with Gasteiger partial charge in [0.1, 0.15) is 0 Å². The lowest BCUT2D eigenvalue weighted by Gasteiger charge is -1.88. The monoisotopic (exact) mass is 165 g/mol. The maximum atomic E-state index is 10.2. The number of aromatic carboxylic acids is 1. The van der Waals surface area contributed by atoms with E-state index in [9.17, 15) is 4.79 Å². The lowest BCUT2D eigenvalue weighted by Crippen LogP contribution is -1.93. The van der Waals surface area contributed by atoms with Gasteiger partial charge in [0, 0.05) is 0 Å². The second kappa shape index (κ2) is 5.76. The summed E-state index contributed by atoms with van der Waals surface area (Å²) in [5.74, 6) is -0.879. The number of rotatable bonds is 1. The maximum Gasteiger partial charge on any atom is 0.335 e. The van der Waals surface area contributed by atoms with E-state index in [0.717, 1.165) is 0 Å².